The minimum absolute atomic E-state index is 0.0403. The molecule has 0 aliphatic rings. The molecule has 3 rings (SSSR count). The van der Waals surface area contributed by atoms with E-state index in [4.69, 9.17) is 5.73 Å². The van der Waals surface area contributed by atoms with Crippen LogP contribution in [0.2, 0.25) is 0 Å². The molecular weight excluding hydrogens is 459 g/mol. The number of hydrogen-bond acceptors (Lipinski definition) is 7. The maximum absolute atomic E-state index is 12.8. The molecule has 172 valence electrons. The molecule has 1 heterocycles. The maximum Gasteiger partial charge on any atom is 0.278 e. The highest BCUT2D eigenvalue weighted by atomic mass is 32.2. The first-order chi connectivity index (χ1) is 15.6. The van der Waals surface area contributed by atoms with Gasteiger partial charge in [-0.3, -0.25) is 4.79 Å². The van der Waals surface area contributed by atoms with Crippen molar-refractivity contribution in [2.24, 2.45) is 0 Å². The summed E-state index contributed by atoms with van der Waals surface area (Å²) in [6.45, 7) is 5.35. The van der Waals surface area contributed by atoms with Crippen molar-refractivity contribution in [1.82, 2.24) is 9.97 Å². The van der Waals surface area contributed by atoms with Crippen LogP contribution in [0.25, 0.3) is 11.3 Å². The third-order valence-electron chi connectivity index (χ3n) is 5.22. The molecule has 0 fully saturated rings. The first-order valence-corrected chi connectivity index (χ1v) is 14.2. The van der Waals surface area contributed by atoms with Crippen LogP contribution in [-0.2, 0) is 14.4 Å². The standard InChI is InChI=1S/C23H25N4O4PS/c1-4-32(29,5-2)15-33(30,31)19-12-10-18(11-13-19)26-23(28)21-22(24)25-14-20(27-21)17-8-6-16(3)7-9-17/h6,8,10-14H,4-5,15H2,1-3H3,(H2,24,25)(H,26,28). The molecule has 0 aliphatic carbocycles. The first kappa shape index (κ1) is 24.4. The van der Waals surface area contributed by atoms with Crippen LogP contribution in [-0.4, -0.2) is 42.1 Å². The SMILES string of the molecule is CCP(=O)(CC)CS(=O)(=O)c1ccc(NC(=O)c2nc(-c3c#cc(C)cc3)cnc2N)cc1. The lowest BCUT2D eigenvalue weighted by Crippen LogP contribution is -2.17. The Bertz CT molecular complexity index is 1300. The van der Waals surface area contributed by atoms with Gasteiger partial charge in [-0.1, -0.05) is 26.0 Å². The number of amides is 1. The molecule has 0 spiro atoms. The number of carbonyl (C=O) groups excluding carboxylic acids is 1. The predicted molar refractivity (Wildman–Crippen MR) is 129 cm³/mol. The van der Waals surface area contributed by atoms with Crippen LogP contribution >= 0.6 is 7.14 Å². The number of benzene rings is 1. The normalized spacial score (nSPS) is 11.6. The van der Waals surface area contributed by atoms with Crippen LogP contribution in [0.15, 0.2) is 47.5 Å². The molecule has 33 heavy (non-hydrogen) atoms. The topological polar surface area (TPSA) is 132 Å². The van der Waals surface area contributed by atoms with E-state index < -0.39 is 22.9 Å². The quantitative estimate of drug-likeness (QED) is 0.462. The Kier molecular flexibility index (Phi) is 7.21. The number of hydrogen-bond donors (Lipinski definition) is 2. The second kappa shape index (κ2) is 9.74. The Hall–Kier alpha value is -3.21. The Balaban J connectivity index is 1.79. The molecule has 0 saturated heterocycles. The van der Waals surface area contributed by atoms with Crippen molar-refractivity contribution in [3.63, 3.8) is 0 Å². The molecule has 0 atom stereocenters. The van der Waals surface area contributed by atoms with E-state index >= 15 is 0 Å². The van der Waals surface area contributed by atoms with Gasteiger partial charge in [-0.2, -0.15) is 0 Å². The van der Waals surface area contributed by atoms with Gasteiger partial charge in [-0.15, -0.1) is 0 Å². The van der Waals surface area contributed by atoms with Crippen molar-refractivity contribution in [2.75, 3.05) is 28.9 Å². The Morgan fingerprint density at radius 3 is 2.33 bits per heavy atom. The van der Waals surface area contributed by atoms with Crippen LogP contribution in [0.5, 0.6) is 0 Å². The summed E-state index contributed by atoms with van der Waals surface area (Å²) in [5, 5.41) is 2.65. The van der Waals surface area contributed by atoms with Crippen LogP contribution < -0.4 is 11.1 Å². The fourth-order valence-electron chi connectivity index (χ4n) is 3.03. The van der Waals surface area contributed by atoms with Gasteiger partial charge >= 0.3 is 0 Å². The second-order valence-electron chi connectivity index (χ2n) is 7.58. The number of nitrogens with zero attached hydrogens (tertiary/aromatic N) is 2. The molecule has 1 amide bonds. The fourth-order valence-corrected chi connectivity index (χ4v) is 8.56. The fraction of sp³-hybridized carbons (Fsp3) is 0.261. The molecule has 8 nitrogen and oxygen atoms in total. The van der Waals surface area contributed by atoms with Gasteiger partial charge in [0, 0.05) is 5.69 Å². The number of aromatic nitrogens is 2. The minimum Gasteiger partial charge on any atom is -0.382 e. The number of nitrogens with two attached hydrogens (primary N) is 1. The zero-order valence-electron chi connectivity index (χ0n) is 18.6. The monoisotopic (exact) mass is 484 g/mol. The van der Waals surface area contributed by atoms with Crippen LogP contribution in [0.4, 0.5) is 11.5 Å². The average Bonchev–Trinajstić information content (AvgIpc) is 2.80. The van der Waals surface area contributed by atoms with Gasteiger partial charge in [0.25, 0.3) is 5.91 Å². The number of sulfone groups is 1. The molecule has 0 unspecified atom stereocenters. The zero-order valence-corrected chi connectivity index (χ0v) is 20.3. The van der Waals surface area contributed by atoms with E-state index in [0.29, 0.717) is 29.3 Å². The lowest BCUT2D eigenvalue weighted by atomic mass is 10.1. The first-order valence-electron chi connectivity index (χ1n) is 10.3. The van der Waals surface area contributed by atoms with Gasteiger partial charge in [0.05, 0.1) is 22.3 Å². The summed E-state index contributed by atoms with van der Waals surface area (Å²) in [5.41, 5.74) is 7.73. The molecule has 1 aromatic heterocycles. The highest BCUT2D eigenvalue weighted by Crippen LogP contribution is 2.46. The van der Waals surface area contributed by atoms with Crippen molar-refractivity contribution in [1.29, 1.82) is 0 Å². The summed E-state index contributed by atoms with van der Waals surface area (Å²) in [4.78, 5) is 21.2. The maximum atomic E-state index is 12.8. The van der Waals surface area contributed by atoms with E-state index in [2.05, 4.69) is 27.4 Å². The molecule has 0 radical (unpaired) electrons. The predicted octanol–water partition coefficient (Wildman–Crippen LogP) is 4.02. The molecule has 10 heteroatoms. The molecule has 3 aromatic rings. The van der Waals surface area contributed by atoms with Gasteiger partial charge in [0.15, 0.2) is 21.3 Å². The third kappa shape index (κ3) is 5.78. The van der Waals surface area contributed by atoms with Crippen molar-refractivity contribution in [2.45, 2.75) is 25.7 Å². The van der Waals surface area contributed by atoms with E-state index in [1.807, 2.05) is 13.0 Å². The highest BCUT2D eigenvalue weighted by molar-refractivity contribution is 7.99. The third-order valence-corrected chi connectivity index (χ3v) is 11.8. The van der Waals surface area contributed by atoms with Crippen LogP contribution in [0, 0.1) is 19.1 Å². The van der Waals surface area contributed by atoms with E-state index in [0.717, 1.165) is 5.56 Å². The summed E-state index contributed by atoms with van der Waals surface area (Å²) < 4.78 is 37.9. The second-order valence-corrected chi connectivity index (χ2v) is 13.7. The lowest BCUT2D eigenvalue weighted by molar-refractivity contribution is 0.102. The summed E-state index contributed by atoms with van der Waals surface area (Å²) in [5.74, 6) is -0.628. The molecule has 2 aromatic carbocycles. The molecule has 0 bridgehead atoms. The summed E-state index contributed by atoms with van der Waals surface area (Å²) in [6, 6.07) is 15.2. The van der Waals surface area contributed by atoms with Gasteiger partial charge in [0.1, 0.15) is 12.6 Å². The number of rotatable bonds is 8. The molecule has 0 saturated carbocycles. The van der Waals surface area contributed by atoms with Crippen LogP contribution in [0.3, 0.4) is 0 Å². The minimum atomic E-state index is -3.71. The van der Waals surface area contributed by atoms with Crippen LogP contribution in [0.1, 0.15) is 29.9 Å². The summed E-state index contributed by atoms with van der Waals surface area (Å²) >= 11 is 0. The summed E-state index contributed by atoms with van der Waals surface area (Å²) in [6.07, 6.45) is 2.11. The zero-order chi connectivity index (χ0) is 24.2. The van der Waals surface area contributed by atoms with Gasteiger partial charge in [-0.05, 0) is 61.2 Å². The number of nitrogens with one attached hydrogen (secondary N) is 1. The average molecular weight is 485 g/mol. The largest absolute Gasteiger partial charge is 0.382 e. The lowest BCUT2D eigenvalue weighted by Gasteiger charge is -2.14. The van der Waals surface area contributed by atoms with E-state index in [1.165, 1.54) is 30.5 Å². The number of anilines is 2. The van der Waals surface area contributed by atoms with E-state index in [1.54, 1.807) is 19.9 Å². The Labute approximate surface area is 194 Å². The van der Waals surface area contributed by atoms with Crippen molar-refractivity contribution in [3.8, 4) is 11.3 Å². The van der Waals surface area contributed by atoms with Gasteiger partial charge in [0.2, 0.25) is 0 Å². The Morgan fingerprint density at radius 2 is 1.76 bits per heavy atom. The van der Waals surface area contributed by atoms with Gasteiger partial charge in [-0.25, -0.2) is 18.4 Å². The number of nitrogen functional groups attached to an aromatic ring is 1. The van der Waals surface area contributed by atoms with E-state index in [9.17, 15) is 17.8 Å². The van der Waals surface area contributed by atoms with Gasteiger partial charge < -0.3 is 15.6 Å². The molecular formula is C23H25N4O4PS. The Morgan fingerprint density at radius 1 is 1.09 bits per heavy atom. The summed E-state index contributed by atoms with van der Waals surface area (Å²) in [7, 11) is -6.48. The van der Waals surface area contributed by atoms with Crippen molar-refractivity contribution >= 4 is 34.4 Å². The number of aryl methyl sites for hydroxylation is 1. The smallest absolute Gasteiger partial charge is 0.278 e. The number of carbonyl (C=O) groups is 1. The molecule has 0 aliphatic heterocycles. The van der Waals surface area contributed by atoms with Crippen molar-refractivity contribution < 1.29 is 17.8 Å². The highest BCUT2D eigenvalue weighted by Gasteiger charge is 2.27. The molecule has 3 N–H and O–H groups in total. The van der Waals surface area contributed by atoms with Crippen molar-refractivity contribution in [3.05, 3.63) is 66.0 Å². The van der Waals surface area contributed by atoms with E-state index in [-0.39, 0.29) is 21.9 Å².